The lowest BCUT2D eigenvalue weighted by molar-refractivity contribution is -0.113. The summed E-state index contributed by atoms with van der Waals surface area (Å²) in [7, 11) is 0. The highest BCUT2D eigenvalue weighted by Gasteiger charge is 2.21. The fourth-order valence-electron chi connectivity index (χ4n) is 3.29. The molecule has 8 heteroatoms. The molecule has 0 bridgehead atoms. The average molecular weight is 487 g/mol. The number of benzene rings is 2. The van der Waals surface area contributed by atoms with Gasteiger partial charge in [0.15, 0.2) is 17.1 Å². The van der Waals surface area contributed by atoms with Crippen molar-refractivity contribution in [3.63, 3.8) is 0 Å². The molecule has 0 aliphatic rings. The summed E-state index contributed by atoms with van der Waals surface area (Å²) >= 11 is 7.27. The Morgan fingerprint density at radius 1 is 1.03 bits per heavy atom. The first-order valence-electron chi connectivity index (χ1n) is 11.1. The van der Waals surface area contributed by atoms with Crippen LogP contribution in [0.25, 0.3) is 0 Å². The molecular formula is C25H31ClN4O2S. The molecule has 3 rings (SSSR count). The molecule has 1 amide bonds. The van der Waals surface area contributed by atoms with Crippen molar-refractivity contribution in [2.75, 3.05) is 11.1 Å². The van der Waals surface area contributed by atoms with E-state index in [1.54, 1.807) is 24.3 Å². The average Bonchev–Trinajstić information content (AvgIpc) is 3.16. The molecule has 1 unspecified atom stereocenters. The second-order valence-electron chi connectivity index (χ2n) is 8.67. The van der Waals surface area contributed by atoms with E-state index >= 15 is 0 Å². The minimum atomic E-state index is -0.279. The van der Waals surface area contributed by atoms with Crippen molar-refractivity contribution in [3.8, 4) is 5.75 Å². The highest BCUT2D eigenvalue weighted by atomic mass is 35.5. The molecule has 3 aromatic rings. The molecule has 33 heavy (non-hydrogen) atoms. The van der Waals surface area contributed by atoms with Crippen molar-refractivity contribution in [1.29, 1.82) is 0 Å². The van der Waals surface area contributed by atoms with Crippen LogP contribution in [0.5, 0.6) is 5.75 Å². The summed E-state index contributed by atoms with van der Waals surface area (Å²) in [5.41, 5.74) is 1.98. The SMILES string of the molecule is CC(C)Cn1c(SCC(=O)Nc2ccc(Cl)cc2)nnc1C(C)Oc1ccc(C(C)C)cc1. The summed E-state index contributed by atoms with van der Waals surface area (Å²) in [6, 6.07) is 15.2. The number of hydrogen-bond acceptors (Lipinski definition) is 5. The predicted molar refractivity (Wildman–Crippen MR) is 135 cm³/mol. The number of anilines is 1. The summed E-state index contributed by atoms with van der Waals surface area (Å²) in [5.74, 6) is 2.52. The van der Waals surface area contributed by atoms with Gasteiger partial charge in [0, 0.05) is 17.3 Å². The second kappa shape index (κ2) is 11.6. The third-order valence-corrected chi connectivity index (χ3v) is 6.20. The van der Waals surface area contributed by atoms with Crippen molar-refractivity contribution in [2.45, 2.75) is 58.3 Å². The summed E-state index contributed by atoms with van der Waals surface area (Å²) in [5, 5.41) is 13.0. The first kappa shape index (κ1) is 25.1. The van der Waals surface area contributed by atoms with Crippen molar-refractivity contribution in [1.82, 2.24) is 14.8 Å². The van der Waals surface area contributed by atoms with E-state index in [1.165, 1.54) is 17.3 Å². The lowest BCUT2D eigenvalue weighted by atomic mass is 10.0. The van der Waals surface area contributed by atoms with Crippen molar-refractivity contribution in [2.24, 2.45) is 5.92 Å². The van der Waals surface area contributed by atoms with Gasteiger partial charge in [0.2, 0.25) is 5.91 Å². The fraction of sp³-hybridized carbons (Fsp3) is 0.400. The van der Waals surface area contributed by atoms with Gasteiger partial charge in [0.05, 0.1) is 5.75 Å². The Hall–Kier alpha value is -2.51. The third kappa shape index (κ3) is 7.24. The number of carbonyl (C=O) groups excluding carboxylic acids is 1. The van der Waals surface area contributed by atoms with Crippen LogP contribution < -0.4 is 10.1 Å². The van der Waals surface area contributed by atoms with Crippen LogP contribution in [0.1, 0.15) is 58.0 Å². The van der Waals surface area contributed by atoms with Gasteiger partial charge in [-0.25, -0.2) is 0 Å². The van der Waals surface area contributed by atoms with E-state index in [0.29, 0.717) is 27.7 Å². The molecule has 176 valence electrons. The lowest BCUT2D eigenvalue weighted by Gasteiger charge is -2.18. The van der Waals surface area contributed by atoms with Gasteiger partial charge in [-0.15, -0.1) is 10.2 Å². The molecule has 1 N–H and O–H groups in total. The van der Waals surface area contributed by atoms with Gasteiger partial charge in [0.1, 0.15) is 5.75 Å². The Morgan fingerprint density at radius 3 is 2.30 bits per heavy atom. The standard InChI is InChI=1S/C25H31ClN4O2S/c1-16(2)14-30-24(18(5)32-22-12-6-19(7-13-22)17(3)4)28-29-25(30)33-15-23(31)27-21-10-8-20(26)9-11-21/h6-13,16-18H,14-15H2,1-5H3,(H,27,31). The van der Waals surface area contributed by atoms with E-state index in [1.807, 2.05) is 19.1 Å². The lowest BCUT2D eigenvalue weighted by Crippen LogP contribution is -2.17. The van der Waals surface area contributed by atoms with E-state index in [-0.39, 0.29) is 17.8 Å². The molecule has 0 aliphatic carbocycles. The molecule has 0 spiro atoms. The maximum Gasteiger partial charge on any atom is 0.234 e. The zero-order chi connectivity index (χ0) is 24.0. The van der Waals surface area contributed by atoms with Crippen LogP contribution in [0.4, 0.5) is 5.69 Å². The maximum atomic E-state index is 12.4. The molecule has 0 saturated heterocycles. The zero-order valence-electron chi connectivity index (χ0n) is 19.7. The smallest absolute Gasteiger partial charge is 0.234 e. The van der Waals surface area contributed by atoms with Gasteiger partial charge < -0.3 is 14.6 Å². The van der Waals surface area contributed by atoms with Crippen LogP contribution in [-0.4, -0.2) is 26.4 Å². The maximum absolute atomic E-state index is 12.4. The van der Waals surface area contributed by atoms with E-state index in [2.05, 4.69) is 59.9 Å². The quantitative estimate of drug-likeness (QED) is 0.328. The largest absolute Gasteiger partial charge is 0.483 e. The Morgan fingerprint density at radius 2 is 1.70 bits per heavy atom. The highest BCUT2D eigenvalue weighted by molar-refractivity contribution is 7.99. The number of halogens is 1. The van der Waals surface area contributed by atoms with E-state index in [0.717, 1.165) is 18.1 Å². The predicted octanol–water partition coefficient (Wildman–Crippen LogP) is 6.58. The van der Waals surface area contributed by atoms with Gasteiger partial charge in [-0.2, -0.15) is 0 Å². The Kier molecular flexibility index (Phi) is 8.80. The van der Waals surface area contributed by atoms with Crippen LogP contribution in [0.15, 0.2) is 53.7 Å². The van der Waals surface area contributed by atoms with Gasteiger partial charge in [-0.1, -0.05) is 63.2 Å². The van der Waals surface area contributed by atoms with Crippen LogP contribution in [0.2, 0.25) is 5.02 Å². The van der Waals surface area contributed by atoms with E-state index in [4.69, 9.17) is 16.3 Å². The van der Waals surface area contributed by atoms with E-state index in [9.17, 15) is 4.79 Å². The topological polar surface area (TPSA) is 69.0 Å². The monoisotopic (exact) mass is 486 g/mol. The summed E-state index contributed by atoms with van der Waals surface area (Å²) in [4.78, 5) is 12.4. The fourth-order valence-corrected chi connectivity index (χ4v) is 4.17. The van der Waals surface area contributed by atoms with Crippen molar-refractivity contribution < 1.29 is 9.53 Å². The van der Waals surface area contributed by atoms with Crippen molar-refractivity contribution in [3.05, 3.63) is 64.9 Å². The number of nitrogens with zero attached hydrogens (tertiary/aromatic N) is 3. The summed E-state index contributed by atoms with van der Waals surface area (Å²) in [6.45, 7) is 11.3. The molecule has 2 aromatic carbocycles. The Labute approximate surface area is 205 Å². The number of carbonyl (C=O) groups is 1. The number of ether oxygens (including phenoxy) is 1. The highest BCUT2D eigenvalue weighted by Crippen LogP contribution is 2.27. The Balaban J connectivity index is 1.68. The molecule has 0 radical (unpaired) electrons. The first-order valence-corrected chi connectivity index (χ1v) is 12.5. The molecular weight excluding hydrogens is 456 g/mol. The van der Waals surface area contributed by atoms with Crippen LogP contribution >= 0.6 is 23.4 Å². The number of hydrogen-bond donors (Lipinski definition) is 1. The first-order chi connectivity index (χ1) is 15.7. The minimum Gasteiger partial charge on any atom is -0.483 e. The van der Waals surface area contributed by atoms with Gasteiger partial charge in [-0.05, 0) is 60.7 Å². The molecule has 0 fully saturated rings. The summed E-state index contributed by atoms with van der Waals surface area (Å²) < 4.78 is 8.22. The van der Waals surface area contributed by atoms with Crippen LogP contribution in [0.3, 0.4) is 0 Å². The molecule has 0 saturated carbocycles. The summed E-state index contributed by atoms with van der Waals surface area (Å²) in [6.07, 6.45) is -0.279. The molecule has 0 aliphatic heterocycles. The number of nitrogens with one attached hydrogen (secondary N) is 1. The van der Waals surface area contributed by atoms with Gasteiger partial charge in [0.25, 0.3) is 0 Å². The normalized spacial score (nSPS) is 12.2. The molecule has 6 nitrogen and oxygen atoms in total. The van der Waals surface area contributed by atoms with E-state index < -0.39 is 0 Å². The number of thioether (sulfide) groups is 1. The number of rotatable bonds is 10. The van der Waals surface area contributed by atoms with Gasteiger partial charge >= 0.3 is 0 Å². The second-order valence-corrected chi connectivity index (χ2v) is 10.1. The molecule has 1 atom stereocenters. The molecule has 1 heterocycles. The zero-order valence-corrected chi connectivity index (χ0v) is 21.3. The Bertz CT molecular complexity index is 1050. The van der Waals surface area contributed by atoms with Gasteiger partial charge in [-0.3, -0.25) is 4.79 Å². The minimum absolute atomic E-state index is 0.113. The number of aromatic nitrogens is 3. The van der Waals surface area contributed by atoms with Crippen LogP contribution in [0, 0.1) is 5.92 Å². The third-order valence-electron chi connectivity index (χ3n) is 4.98. The number of amides is 1. The molecule has 1 aromatic heterocycles. The van der Waals surface area contributed by atoms with Crippen LogP contribution in [-0.2, 0) is 11.3 Å². The van der Waals surface area contributed by atoms with Crippen molar-refractivity contribution >= 4 is 35.0 Å².